The van der Waals surface area contributed by atoms with Crippen LogP contribution in [0, 0.1) is 0 Å². The molecule has 2 N–H and O–H groups in total. The van der Waals surface area contributed by atoms with E-state index in [4.69, 9.17) is 5.73 Å². The van der Waals surface area contributed by atoms with E-state index in [1.807, 2.05) is 6.92 Å². The molecule has 5 nitrogen and oxygen atoms in total. The number of ketones is 1. The van der Waals surface area contributed by atoms with Gasteiger partial charge in [0, 0.05) is 18.3 Å². The number of anilines is 1. The third-order valence-electron chi connectivity index (χ3n) is 3.00. The Morgan fingerprint density at radius 1 is 1.65 bits per heavy atom. The van der Waals surface area contributed by atoms with Crippen LogP contribution >= 0.6 is 23.1 Å². The zero-order chi connectivity index (χ0) is 12.4. The van der Waals surface area contributed by atoms with Crippen LogP contribution in [0.3, 0.4) is 0 Å². The number of carbonyl (C=O) groups excluding carboxylic acids is 1. The first-order chi connectivity index (χ1) is 8.06. The predicted octanol–water partition coefficient (Wildman–Crippen LogP) is 1.26. The van der Waals surface area contributed by atoms with Crippen molar-refractivity contribution in [1.29, 1.82) is 0 Å². The highest BCUT2D eigenvalue weighted by molar-refractivity contribution is 8.01. The molecule has 1 aliphatic heterocycles. The molecular formula is C10H16N4OS2. The van der Waals surface area contributed by atoms with Crippen LogP contribution in [0.4, 0.5) is 5.13 Å². The van der Waals surface area contributed by atoms with E-state index >= 15 is 0 Å². The zero-order valence-corrected chi connectivity index (χ0v) is 11.6. The Labute approximate surface area is 109 Å². The van der Waals surface area contributed by atoms with Gasteiger partial charge in [0.2, 0.25) is 5.13 Å². The molecule has 1 saturated heterocycles. The first-order valence-corrected chi connectivity index (χ1v) is 7.26. The Bertz CT molecular complexity index is 409. The van der Waals surface area contributed by atoms with E-state index in [0.29, 0.717) is 10.4 Å². The SMILES string of the molecule is CC(=O)C(C)N1CCC(Sc2nnc(N)s2)C1. The fourth-order valence-electron chi connectivity index (χ4n) is 1.87. The molecule has 1 aromatic heterocycles. The standard InChI is InChI=1S/C10H16N4OS2/c1-6(7(2)15)14-4-3-8(5-14)16-10-13-12-9(11)17-10/h6,8H,3-5H2,1-2H3,(H2,11,12). The molecule has 2 heterocycles. The van der Waals surface area contributed by atoms with Crippen molar-refractivity contribution in [3.8, 4) is 0 Å². The van der Waals surface area contributed by atoms with Crippen molar-refractivity contribution in [3.05, 3.63) is 0 Å². The first-order valence-electron chi connectivity index (χ1n) is 5.56. The number of nitrogen functional groups attached to an aromatic ring is 1. The summed E-state index contributed by atoms with van der Waals surface area (Å²) >= 11 is 3.14. The summed E-state index contributed by atoms with van der Waals surface area (Å²) in [5.74, 6) is 0.232. The fraction of sp³-hybridized carbons (Fsp3) is 0.700. The van der Waals surface area contributed by atoms with Crippen LogP contribution in [0.15, 0.2) is 4.34 Å². The van der Waals surface area contributed by atoms with Gasteiger partial charge in [0.1, 0.15) is 5.78 Å². The maximum Gasteiger partial charge on any atom is 0.203 e. The van der Waals surface area contributed by atoms with Crippen LogP contribution in [0.2, 0.25) is 0 Å². The Morgan fingerprint density at radius 3 is 3.00 bits per heavy atom. The molecule has 0 aromatic carbocycles. The number of Topliss-reactive ketones (excluding diaryl/α,β-unsaturated/α-hetero) is 1. The van der Waals surface area contributed by atoms with E-state index in [1.54, 1.807) is 18.7 Å². The maximum absolute atomic E-state index is 11.3. The van der Waals surface area contributed by atoms with Crippen molar-refractivity contribution in [1.82, 2.24) is 15.1 Å². The molecule has 2 rings (SSSR count). The van der Waals surface area contributed by atoms with Crippen molar-refractivity contribution in [2.75, 3.05) is 18.8 Å². The third-order valence-corrected chi connectivity index (χ3v) is 5.09. The second kappa shape index (κ2) is 5.32. The van der Waals surface area contributed by atoms with Crippen LogP contribution < -0.4 is 5.73 Å². The van der Waals surface area contributed by atoms with Crippen LogP contribution in [-0.2, 0) is 4.79 Å². The minimum absolute atomic E-state index is 0.0279. The van der Waals surface area contributed by atoms with Gasteiger partial charge in [0.15, 0.2) is 4.34 Å². The number of rotatable bonds is 4. The zero-order valence-electron chi connectivity index (χ0n) is 9.92. The molecule has 1 aromatic rings. The number of likely N-dealkylation sites (tertiary alicyclic amines) is 1. The second-order valence-corrected chi connectivity index (χ2v) is 6.77. The molecule has 0 radical (unpaired) electrons. The van der Waals surface area contributed by atoms with Crippen LogP contribution in [0.25, 0.3) is 0 Å². The molecule has 94 valence electrons. The molecule has 0 spiro atoms. The van der Waals surface area contributed by atoms with Crippen molar-refractivity contribution in [2.45, 2.75) is 35.9 Å². The molecule has 17 heavy (non-hydrogen) atoms. The summed E-state index contributed by atoms with van der Waals surface area (Å²) in [6.45, 7) is 5.53. The topological polar surface area (TPSA) is 72.1 Å². The van der Waals surface area contributed by atoms with Gasteiger partial charge in [-0.25, -0.2) is 0 Å². The number of nitrogens with two attached hydrogens (primary N) is 1. The summed E-state index contributed by atoms with van der Waals surface area (Å²) in [5.41, 5.74) is 5.54. The molecule has 0 saturated carbocycles. The fourth-order valence-corrected chi connectivity index (χ4v) is 3.93. The van der Waals surface area contributed by atoms with Crippen LogP contribution in [0.5, 0.6) is 0 Å². The molecule has 2 atom stereocenters. The highest BCUT2D eigenvalue weighted by Crippen LogP contribution is 2.32. The van der Waals surface area contributed by atoms with Crippen molar-refractivity contribution >= 4 is 34.0 Å². The Hall–Kier alpha value is -0.660. The molecular weight excluding hydrogens is 256 g/mol. The Kier molecular flexibility index (Phi) is 4.01. The van der Waals surface area contributed by atoms with Crippen LogP contribution in [0.1, 0.15) is 20.3 Å². The van der Waals surface area contributed by atoms with Crippen molar-refractivity contribution in [3.63, 3.8) is 0 Å². The van der Waals surface area contributed by atoms with E-state index < -0.39 is 0 Å². The summed E-state index contributed by atoms with van der Waals surface area (Å²) in [4.78, 5) is 13.5. The van der Waals surface area contributed by atoms with E-state index in [2.05, 4.69) is 15.1 Å². The van der Waals surface area contributed by atoms with Gasteiger partial charge in [0.25, 0.3) is 0 Å². The number of aromatic nitrogens is 2. The smallest absolute Gasteiger partial charge is 0.203 e. The highest BCUT2D eigenvalue weighted by atomic mass is 32.2. The van der Waals surface area contributed by atoms with Crippen molar-refractivity contribution < 1.29 is 4.79 Å². The average molecular weight is 272 g/mol. The summed E-state index contributed by atoms with van der Waals surface area (Å²) in [7, 11) is 0. The Morgan fingerprint density at radius 2 is 2.41 bits per heavy atom. The summed E-state index contributed by atoms with van der Waals surface area (Å²) in [6, 6.07) is 0.0279. The lowest BCUT2D eigenvalue weighted by Crippen LogP contribution is -2.36. The number of hydrogen-bond acceptors (Lipinski definition) is 7. The molecule has 0 bridgehead atoms. The lowest BCUT2D eigenvalue weighted by atomic mass is 10.2. The minimum atomic E-state index is 0.0279. The molecule has 1 fully saturated rings. The van der Waals surface area contributed by atoms with Gasteiger partial charge in [-0.3, -0.25) is 9.69 Å². The summed E-state index contributed by atoms with van der Waals surface area (Å²) in [6.07, 6.45) is 1.09. The summed E-state index contributed by atoms with van der Waals surface area (Å²) < 4.78 is 0.921. The van der Waals surface area contributed by atoms with E-state index in [-0.39, 0.29) is 11.8 Å². The van der Waals surface area contributed by atoms with Gasteiger partial charge < -0.3 is 5.73 Å². The van der Waals surface area contributed by atoms with Gasteiger partial charge in [-0.2, -0.15) is 0 Å². The predicted molar refractivity (Wildman–Crippen MR) is 70.3 cm³/mol. The Balaban J connectivity index is 1.88. The molecule has 0 amide bonds. The van der Waals surface area contributed by atoms with Gasteiger partial charge >= 0.3 is 0 Å². The molecule has 0 aliphatic carbocycles. The number of nitrogens with zero attached hydrogens (tertiary/aromatic N) is 3. The quantitative estimate of drug-likeness (QED) is 0.890. The molecule has 2 unspecified atom stereocenters. The highest BCUT2D eigenvalue weighted by Gasteiger charge is 2.29. The van der Waals surface area contributed by atoms with E-state index in [0.717, 1.165) is 23.8 Å². The largest absolute Gasteiger partial charge is 0.374 e. The number of carbonyl (C=O) groups is 1. The van der Waals surface area contributed by atoms with Gasteiger partial charge in [-0.15, -0.1) is 10.2 Å². The molecule has 7 heteroatoms. The monoisotopic (exact) mass is 272 g/mol. The van der Waals surface area contributed by atoms with E-state index in [1.165, 1.54) is 11.3 Å². The van der Waals surface area contributed by atoms with Gasteiger partial charge in [-0.1, -0.05) is 23.1 Å². The molecule has 1 aliphatic rings. The second-order valence-electron chi connectivity index (χ2n) is 4.22. The third kappa shape index (κ3) is 3.17. The van der Waals surface area contributed by atoms with Crippen molar-refractivity contribution in [2.24, 2.45) is 0 Å². The maximum atomic E-state index is 11.3. The number of hydrogen-bond donors (Lipinski definition) is 1. The lowest BCUT2D eigenvalue weighted by molar-refractivity contribution is -0.121. The van der Waals surface area contributed by atoms with Gasteiger partial charge in [0.05, 0.1) is 6.04 Å². The minimum Gasteiger partial charge on any atom is -0.374 e. The summed E-state index contributed by atoms with van der Waals surface area (Å²) in [5, 5.41) is 8.81. The van der Waals surface area contributed by atoms with Gasteiger partial charge in [-0.05, 0) is 20.3 Å². The van der Waals surface area contributed by atoms with Crippen LogP contribution in [-0.4, -0.2) is 45.3 Å². The van der Waals surface area contributed by atoms with E-state index in [9.17, 15) is 4.79 Å². The lowest BCUT2D eigenvalue weighted by Gasteiger charge is -2.21. The average Bonchev–Trinajstić information content (AvgIpc) is 2.87. The number of thioether (sulfide) groups is 1. The normalized spacial score (nSPS) is 22.8. The first kappa shape index (κ1) is 12.8.